The van der Waals surface area contributed by atoms with Crippen LogP contribution < -0.4 is 9.57 Å². The molecule has 0 amide bonds. The van der Waals surface area contributed by atoms with E-state index in [4.69, 9.17) is 9.57 Å². The molecule has 0 unspecified atom stereocenters. The number of benzene rings is 1. The highest BCUT2D eigenvalue weighted by Crippen LogP contribution is 2.23. The zero-order chi connectivity index (χ0) is 14.1. The van der Waals surface area contributed by atoms with E-state index in [9.17, 15) is 0 Å². The van der Waals surface area contributed by atoms with Gasteiger partial charge in [-0.25, -0.2) is 0 Å². The second-order valence-electron chi connectivity index (χ2n) is 4.02. The fourth-order valence-electron chi connectivity index (χ4n) is 1.31. The number of nitrogens with zero attached hydrogens (tertiary/aromatic N) is 2. The first-order valence-electron chi connectivity index (χ1n) is 6.19. The van der Waals surface area contributed by atoms with Crippen LogP contribution in [0.3, 0.4) is 0 Å². The Kier molecular flexibility index (Phi) is 6.43. The standard InChI is InChI=1S/C14H20N2O3/c1-5-8-18-13-6-7-14(11(2)9-13)19-16-12(3)10-15-17-4/h6-7,9-10H,5,8H2,1-4H3. The number of aryl methyl sites for hydroxylation is 1. The summed E-state index contributed by atoms with van der Waals surface area (Å²) in [6.07, 6.45) is 2.47. The van der Waals surface area contributed by atoms with Crippen LogP contribution in [0, 0.1) is 6.92 Å². The minimum absolute atomic E-state index is 0.618. The van der Waals surface area contributed by atoms with E-state index < -0.39 is 0 Å². The Morgan fingerprint density at radius 2 is 2.16 bits per heavy atom. The third kappa shape index (κ3) is 5.42. The van der Waals surface area contributed by atoms with Gasteiger partial charge in [-0.2, -0.15) is 0 Å². The van der Waals surface area contributed by atoms with Gasteiger partial charge in [0.25, 0.3) is 0 Å². The van der Waals surface area contributed by atoms with Gasteiger partial charge in [-0.05, 0) is 44.0 Å². The van der Waals surface area contributed by atoms with Gasteiger partial charge in [0, 0.05) is 0 Å². The molecule has 0 aromatic heterocycles. The number of ether oxygens (including phenoxy) is 1. The number of oxime groups is 2. The van der Waals surface area contributed by atoms with Crippen molar-refractivity contribution in [3.8, 4) is 11.5 Å². The molecule has 1 aromatic rings. The second-order valence-corrected chi connectivity index (χ2v) is 4.02. The zero-order valence-corrected chi connectivity index (χ0v) is 11.8. The molecule has 0 radical (unpaired) electrons. The molecule has 104 valence electrons. The third-order valence-electron chi connectivity index (χ3n) is 2.25. The maximum atomic E-state index is 5.54. The van der Waals surface area contributed by atoms with Crippen LogP contribution in [-0.2, 0) is 4.84 Å². The minimum Gasteiger partial charge on any atom is -0.494 e. The number of hydrogen-bond acceptors (Lipinski definition) is 5. The van der Waals surface area contributed by atoms with E-state index in [1.165, 1.54) is 13.3 Å². The van der Waals surface area contributed by atoms with Crippen LogP contribution in [0.15, 0.2) is 28.5 Å². The smallest absolute Gasteiger partial charge is 0.161 e. The summed E-state index contributed by atoms with van der Waals surface area (Å²) in [6.45, 7) is 6.51. The molecule has 0 heterocycles. The third-order valence-corrected chi connectivity index (χ3v) is 2.25. The van der Waals surface area contributed by atoms with E-state index in [1.807, 2.05) is 25.1 Å². The zero-order valence-electron chi connectivity index (χ0n) is 11.8. The Morgan fingerprint density at radius 1 is 1.37 bits per heavy atom. The van der Waals surface area contributed by atoms with Gasteiger partial charge in [0.2, 0.25) is 0 Å². The molecule has 0 bridgehead atoms. The molecule has 0 aliphatic heterocycles. The lowest BCUT2D eigenvalue weighted by Crippen LogP contribution is -1.99. The van der Waals surface area contributed by atoms with Crippen molar-refractivity contribution < 1.29 is 14.4 Å². The molecule has 1 aromatic carbocycles. The SMILES string of the molecule is CCCOc1ccc(ON=C(C)C=NOC)c(C)c1. The molecule has 0 fully saturated rings. The Bertz CT molecular complexity index is 456. The van der Waals surface area contributed by atoms with Gasteiger partial charge >= 0.3 is 0 Å². The Labute approximate surface area is 113 Å². The highest BCUT2D eigenvalue weighted by Gasteiger charge is 2.02. The molecule has 0 atom stereocenters. The lowest BCUT2D eigenvalue weighted by atomic mass is 10.2. The molecule has 0 saturated carbocycles. The van der Waals surface area contributed by atoms with E-state index in [0.717, 1.165) is 17.7 Å². The van der Waals surface area contributed by atoms with Gasteiger partial charge in [0.05, 0.1) is 18.5 Å². The summed E-state index contributed by atoms with van der Waals surface area (Å²) in [5.41, 5.74) is 1.58. The molecular weight excluding hydrogens is 244 g/mol. The van der Waals surface area contributed by atoms with Crippen LogP contribution in [0.4, 0.5) is 0 Å². The summed E-state index contributed by atoms with van der Waals surface area (Å²) in [5, 5.41) is 7.53. The van der Waals surface area contributed by atoms with E-state index in [-0.39, 0.29) is 0 Å². The summed E-state index contributed by atoms with van der Waals surface area (Å²) in [6, 6.07) is 5.63. The van der Waals surface area contributed by atoms with Crippen molar-refractivity contribution in [1.29, 1.82) is 0 Å². The van der Waals surface area contributed by atoms with Gasteiger partial charge < -0.3 is 14.4 Å². The van der Waals surface area contributed by atoms with Crippen LogP contribution in [0.25, 0.3) is 0 Å². The summed E-state index contributed by atoms with van der Waals surface area (Å²) in [4.78, 5) is 9.90. The maximum absolute atomic E-state index is 5.54. The van der Waals surface area contributed by atoms with Crippen molar-refractivity contribution in [2.75, 3.05) is 13.7 Å². The molecule has 5 nitrogen and oxygen atoms in total. The van der Waals surface area contributed by atoms with Crippen LogP contribution in [0.5, 0.6) is 11.5 Å². The molecule has 0 spiro atoms. The largest absolute Gasteiger partial charge is 0.494 e. The summed E-state index contributed by atoms with van der Waals surface area (Å²) >= 11 is 0. The van der Waals surface area contributed by atoms with Crippen molar-refractivity contribution in [3.05, 3.63) is 23.8 Å². The summed E-state index contributed by atoms with van der Waals surface area (Å²) < 4.78 is 5.54. The topological polar surface area (TPSA) is 52.4 Å². The van der Waals surface area contributed by atoms with Gasteiger partial charge in [-0.15, -0.1) is 0 Å². The van der Waals surface area contributed by atoms with Gasteiger partial charge in [0.15, 0.2) is 5.75 Å². The molecule has 0 N–H and O–H groups in total. The lowest BCUT2D eigenvalue weighted by molar-refractivity contribution is 0.216. The Balaban J connectivity index is 2.67. The fourth-order valence-corrected chi connectivity index (χ4v) is 1.31. The molecule has 0 aliphatic rings. The normalized spacial score (nSPS) is 11.7. The van der Waals surface area contributed by atoms with Crippen molar-refractivity contribution in [1.82, 2.24) is 0 Å². The van der Waals surface area contributed by atoms with Gasteiger partial charge in [-0.3, -0.25) is 0 Å². The highest BCUT2D eigenvalue weighted by atomic mass is 16.6. The summed E-state index contributed by atoms with van der Waals surface area (Å²) in [5.74, 6) is 1.53. The van der Waals surface area contributed by atoms with Crippen LogP contribution in [0.2, 0.25) is 0 Å². The van der Waals surface area contributed by atoms with Crippen molar-refractivity contribution >= 4 is 11.9 Å². The predicted octanol–water partition coefficient (Wildman–Crippen LogP) is 3.17. The van der Waals surface area contributed by atoms with Crippen molar-refractivity contribution in [2.45, 2.75) is 27.2 Å². The minimum atomic E-state index is 0.618. The van der Waals surface area contributed by atoms with Crippen LogP contribution in [0.1, 0.15) is 25.8 Å². The van der Waals surface area contributed by atoms with E-state index in [1.54, 1.807) is 6.92 Å². The fraction of sp³-hybridized carbons (Fsp3) is 0.429. The first kappa shape index (κ1) is 15.0. The molecule has 0 aliphatic carbocycles. The average Bonchev–Trinajstić information content (AvgIpc) is 2.41. The van der Waals surface area contributed by atoms with E-state index >= 15 is 0 Å². The van der Waals surface area contributed by atoms with E-state index in [2.05, 4.69) is 22.1 Å². The van der Waals surface area contributed by atoms with Crippen molar-refractivity contribution in [3.63, 3.8) is 0 Å². The molecule has 0 saturated heterocycles. The van der Waals surface area contributed by atoms with Gasteiger partial charge in [0.1, 0.15) is 12.9 Å². The van der Waals surface area contributed by atoms with Crippen LogP contribution >= 0.6 is 0 Å². The maximum Gasteiger partial charge on any atom is 0.161 e. The Morgan fingerprint density at radius 3 is 2.79 bits per heavy atom. The van der Waals surface area contributed by atoms with Gasteiger partial charge in [-0.1, -0.05) is 17.2 Å². The Hall–Kier alpha value is -2.04. The van der Waals surface area contributed by atoms with Crippen molar-refractivity contribution in [2.24, 2.45) is 10.3 Å². The summed E-state index contributed by atoms with van der Waals surface area (Å²) in [7, 11) is 1.48. The molecular formula is C14H20N2O3. The molecule has 5 heteroatoms. The van der Waals surface area contributed by atoms with E-state index in [0.29, 0.717) is 18.1 Å². The first-order valence-corrected chi connectivity index (χ1v) is 6.19. The number of hydrogen-bond donors (Lipinski definition) is 0. The predicted molar refractivity (Wildman–Crippen MR) is 76.2 cm³/mol. The van der Waals surface area contributed by atoms with Crippen LogP contribution in [-0.4, -0.2) is 25.6 Å². The molecule has 1 rings (SSSR count). The first-order chi connectivity index (χ1) is 9.17. The quantitative estimate of drug-likeness (QED) is 0.561. The average molecular weight is 264 g/mol. The number of rotatable bonds is 7. The second kappa shape index (κ2) is 8.13. The molecule has 19 heavy (non-hydrogen) atoms. The highest BCUT2D eigenvalue weighted by molar-refractivity contribution is 6.29. The monoisotopic (exact) mass is 264 g/mol. The lowest BCUT2D eigenvalue weighted by Gasteiger charge is -2.08.